The highest BCUT2D eigenvalue weighted by Crippen LogP contribution is 2.28. The van der Waals surface area contributed by atoms with Crippen LogP contribution in [0.5, 0.6) is 0 Å². The second-order valence-corrected chi connectivity index (χ2v) is 5.47. The maximum Gasteiger partial charge on any atom is 0.0469 e. The highest BCUT2D eigenvalue weighted by Gasteiger charge is 2.29. The molecule has 0 aliphatic carbocycles. The zero-order valence-corrected chi connectivity index (χ0v) is 12.1. The van der Waals surface area contributed by atoms with E-state index < -0.39 is 0 Å². The predicted molar refractivity (Wildman–Crippen MR) is 78.3 cm³/mol. The van der Waals surface area contributed by atoms with Crippen LogP contribution in [-0.2, 0) is 4.74 Å². The monoisotopic (exact) mass is 262 g/mol. The van der Waals surface area contributed by atoms with Crippen molar-refractivity contribution in [2.75, 3.05) is 19.8 Å². The lowest BCUT2D eigenvalue weighted by Crippen LogP contribution is -2.43. The Morgan fingerprint density at radius 3 is 2.79 bits per heavy atom. The van der Waals surface area contributed by atoms with E-state index >= 15 is 0 Å². The van der Waals surface area contributed by atoms with E-state index in [0.717, 1.165) is 19.8 Å². The molecule has 1 saturated heterocycles. The van der Waals surface area contributed by atoms with Crippen molar-refractivity contribution < 1.29 is 4.74 Å². The average molecular weight is 262 g/mol. The van der Waals surface area contributed by atoms with E-state index in [-0.39, 0.29) is 0 Å². The molecule has 1 aliphatic heterocycles. The molecule has 0 radical (unpaired) electrons. The summed E-state index contributed by atoms with van der Waals surface area (Å²) in [5.74, 6) is 1.16. The number of hydrogen-bond donors (Lipinski definition) is 1. The van der Waals surface area contributed by atoms with Gasteiger partial charge in [-0.05, 0) is 43.9 Å². The van der Waals surface area contributed by atoms with Crippen LogP contribution in [0, 0.1) is 5.92 Å². The van der Waals surface area contributed by atoms with Crippen LogP contribution in [0.3, 0.4) is 0 Å². The number of aromatic nitrogens is 1. The molecule has 2 rings (SSSR count). The first-order valence-corrected chi connectivity index (χ1v) is 7.55. The van der Waals surface area contributed by atoms with Crippen LogP contribution < -0.4 is 5.32 Å². The molecule has 1 aromatic rings. The van der Waals surface area contributed by atoms with Crippen LogP contribution in [0.2, 0.25) is 0 Å². The average Bonchev–Trinajstić information content (AvgIpc) is 2.49. The normalized spacial score (nSPS) is 20.1. The first-order valence-electron chi connectivity index (χ1n) is 7.55. The third-order valence-corrected chi connectivity index (χ3v) is 4.10. The van der Waals surface area contributed by atoms with Crippen molar-refractivity contribution in [3.05, 3.63) is 30.1 Å². The molecule has 2 heterocycles. The van der Waals surface area contributed by atoms with Gasteiger partial charge in [0.15, 0.2) is 0 Å². The van der Waals surface area contributed by atoms with Crippen molar-refractivity contribution in [2.24, 2.45) is 5.92 Å². The summed E-state index contributed by atoms with van der Waals surface area (Å²) in [6.07, 6.45) is 5.40. The van der Waals surface area contributed by atoms with E-state index in [4.69, 9.17) is 4.74 Å². The van der Waals surface area contributed by atoms with Crippen LogP contribution >= 0.6 is 0 Å². The van der Waals surface area contributed by atoms with Gasteiger partial charge in [0.05, 0.1) is 0 Å². The molecule has 3 heteroatoms. The summed E-state index contributed by atoms with van der Waals surface area (Å²) in [6, 6.07) is 6.72. The SMILES string of the molecule is CCCNC(C1CCOCC1)C(C)c1ccccn1. The highest BCUT2D eigenvalue weighted by molar-refractivity contribution is 5.12. The van der Waals surface area contributed by atoms with Gasteiger partial charge in [-0.2, -0.15) is 0 Å². The Kier molecular flexibility index (Phi) is 5.80. The molecular weight excluding hydrogens is 236 g/mol. The Labute approximate surface area is 116 Å². The van der Waals surface area contributed by atoms with Gasteiger partial charge in [-0.25, -0.2) is 0 Å². The van der Waals surface area contributed by atoms with Gasteiger partial charge in [0.1, 0.15) is 0 Å². The lowest BCUT2D eigenvalue weighted by Gasteiger charge is -2.35. The minimum absolute atomic E-state index is 0.454. The van der Waals surface area contributed by atoms with Gasteiger partial charge in [-0.3, -0.25) is 4.98 Å². The molecule has 0 amide bonds. The fourth-order valence-corrected chi connectivity index (χ4v) is 2.97. The van der Waals surface area contributed by atoms with Gasteiger partial charge >= 0.3 is 0 Å². The molecule has 1 fully saturated rings. The van der Waals surface area contributed by atoms with Crippen LogP contribution in [0.4, 0.5) is 0 Å². The van der Waals surface area contributed by atoms with E-state index in [1.807, 2.05) is 12.3 Å². The van der Waals surface area contributed by atoms with E-state index in [1.54, 1.807) is 0 Å². The molecule has 3 nitrogen and oxygen atoms in total. The highest BCUT2D eigenvalue weighted by atomic mass is 16.5. The summed E-state index contributed by atoms with van der Waals surface area (Å²) in [7, 11) is 0. The summed E-state index contributed by atoms with van der Waals surface area (Å²) < 4.78 is 5.50. The van der Waals surface area contributed by atoms with Crippen LogP contribution in [0.15, 0.2) is 24.4 Å². The molecule has 0 spiro atoms. The molecule has 106 valence electrons. The lowest BCUT2D eigenvalue weighted by molar-refractivity contribution is 0.0504. The topological polar surface area (TPSA) is 34.1 Å². The standard InChI is InChI=1S/C16H26N2O/c1-3-9-18-16(14-7-11-19-12-8-14)13(2)15-6-4-5-10-17-15/h4-6,10,13-14,16,18H,3,7-9,11-12H2,1-2H3. The van der Waals surface area contributed by atoms with Gasteiger partial charge in [0.25, 0.3) is 0 Å². The quantitative estimate of drug-likeness (QED) is 0.856. The van der Waals surface area contributed by atoms with Gasteiger partial charge in [0, 0.05) is 37.1 Å². The summed E-state index contributed by atoms with van der Waals surface area (Å²) in [5, 5.41) is 3.74. The Morgan fingerprint density at radius 2 is 2.16 bits per heavy atom. The van der Waals surface area contributed by atoms with E-state index in [9.17, 15) is 0 Å². The number of rotatable bonds is 6. The molecular formula is C16H26N2O. The number of pyridine rings is 1. The Hall–Kier alpha value is -0.930. The zero-order chi connectivity index (χ0) is 13.5. The fraction of sp³-hybridized carbons (Fsp3) is 0.688. The van der Waals surface area contributed by atoms with Crippen molar-refractivity contribution in [1.29, 1.82) is 0 Å². The van der Waals surface area contributed by atoms with Crippen molar-refractivity contribution >= 4 is 0 Å². The van der Waals surface area contributed by atoms with E-state index in [1.165, 1.54) is 25.0 Å². The Bertz CT molecular complexity index is 349. The number of nitrogens with one attached hydrogen (secondary N) is 1. The van der Waals surface area contributed by atoms with E-state index in [0.29, 0.717) is 17.9 Å². The second-order valence-electron chi connectivity index (χ2n) is 5.47. The van der Waals surface area contributed by atoms with Gasteiger partial charge in [-0.15, -0.1) is 0 Å². The summed E-state index contributed by atoms with van der Waals surface area (Å²) in [5.41, 5.74) is 1.20. The van der Waals surface area contributed by atoms with Crippen LogP contribution in [-0.4, -0.2) is 30.8 Å². The first kappa shape index (κ1) is 14.5. The minimum atomic E-state index is 0.454. The molecule has 0 aromatic carbocycles. The molecule has 1 aliphatic rings. The molecule has 2 atom stereocenters. The second kappa shape index (κ2) is 7.61. The largest absolute Gasteiger partial charge is 0.381 e. The Balaban J connectivity index is 2.07. The maximum absolute atomic E-state index is 5.50. The van der Waals surface area contributed by atoms with Crippen LogP contribution in [0.25, 0.3) is 0 Å². The van der Waals surface area contributed by atoms with Crippen molar-refractivity contribution in [1.82, 2.24) is 10.3 Å². The van der Waals surface area contributed by atoms with Crippen LogP contribution in [0.1, 0.15) is 44.7 Å². The summed E-state index contributed by atoms with van der Waals surface area (Å²) in [6.45, 7) is 7.41. The maximum atomic E-state index is 5.50. The third-order valence-electron chi connectivity index (χ3n) is 4.10. The molecule has 19 heavy (non-hydrogen) atoms. The number of ether oxygens (including phenoxy) is 1. The van der Waals surface area contributed by atoms with Crippen molar-refractivity contribution in [3.8, 4) is 0 Å². The van der Waals surface area contributed by atoms with Crippen molar-refractivity contribution in [3.63, 3.8) is 0 Å². The lowest BCUT2D eigenvalue weighted by atomic mass is 9.82. The van der Waals surface area contributed by atoms with E-state index in [2.05, 4.69) is 36.3 Å². The fourth-order valence-electron chi connectivity index (χ4n) is 2.97. The molecule has 0 saturated carbocycles. The molecule has 0 bridgehead atoms. The minimum Gasteiger partial charge on any atom is -0.381 e. The number of nitrogens with zero attached hydrogens (tertiary/aromatic N) is 1. The smallest absolute Gasteiger partial charge is 0.0469 e. The van der Waals surface area contributed by atoms with Gasteiger partial charge < -0.3 is 10.1 Å². The number of hydrogen-bond acceptors (Lipinski definition) is 3. The van der Waals surface area contributed by atoms with Gasteiger partial charge in [0.2, 0.25) is 0 Å². The third kappa shape index (κ3) is 4.02. The molecule has 1 N–H and O–H groups in total. The summed E-state index contributed by atoms with van der Waals surface area (Å²) in [4.78, 5) is 4.53. The molecule has 1 aromatic heterocycles. The predicted octanol–water partition coefficient (Wildman–Crippen LogP) is 2.98. The Morgan fingerprint density at radius 1 is 1.37 bits per heavy atom. The first-order chi connectivity index (χ1) is 9.33. The summed E-state index contributed by atoms with van der Waals surface area (Å²) >= 11 is 0. The van der Waals surface area contributed by atoms with Crippen molar-refractivity contribution in [2.45, 2.75) is 45.1 Å². The molecule has 2 unspecified atom stereocenters. The zero-order valence-electron chi connectivity index (χ0n) is 12.1. The van der Waals surface area contributed by atoms with Gasteiger partial charge in [-0.1, -0.05) is 19.9 Å².